The maximum absolute atomic E-state index is 10.5. The molecule has 0 bridgehead atoms. The van der Waals surface area contributed by atoms with Crippen LogP contribution in [-0.2, 0) is 16.0 Å². The van der Waals surface area contributed by atoms with E-state index >= 15 is 0 Å². The van der Waals surface area contributed by atoms with Crippen LogP contribution in [0, 0.1) is 0 Å². The molecule has 0 aliphatic carbocycles. The van der Waals surface area contributed by atoms with Gasteiger partial charge in [0.2, 0.25) is 0 Å². The lowest BCUT2D eigenvalue weighted by Crippen LogP contribution is -2.38. The van der Waals surface area contributed by atoms with Crippen LogP contribution in [0.25, 0.3) is 0 Å². The summed E-state index contributed by atoms with van der Waals surface area (Å²) in [5, 5.41) is 65.7. The van der Waals surface area contributed by atoms with E-state index in [1.54, 1.807) is 0 Å². The smallest absolute Gasteiger partial charge is 0.303 e. The van der Waals surface area contributed by atoms with Gasteiger partial charge in [0.05, 0.1) is 36.9 Å². The van der Waals surface area contributed by atoms with Gasteiger partial charge in [0.15, 0.2) is 0 Å². The molecule has 0 spiro atoms. The van der Waals surface area contributed by atoms with Gasteiger partial charge in [-0.15, -0.1) is 0 Å². The van der Waals surface area contributed by atoms with Gasteiger partial charge in [0.1, 0.15) is 24.4 Å². The second-order valence-electron chi connectivity index (χ2n) is 5.98. The molecule has 0 amide bonds. The first-order valence-corrected chi connectivity index (χ1v) is 8.38. The number of carboxylic acid groups (broad SMARTS) is 1. The predicted octanol–water partition coefficient (Wildman–Crippen LogP) is -2.63. The number of aliphatic carboxylic acids is 1. The van der Waals surface area contributed by atoms with Gasteiger partial charge in [0, 0.05) is 25.6 Å². The number of rotatable bonds is 13. The second kappa shape index (κ2) is 11.9. The van der Waals surface area contributed by atoms with E-state index in [-0.39, 0.29) is 31.6 Å². The van der Waals surface area contributed by atoms with Crippen molar-refractivity contribution in [2.45, 2.75) is 49.8 Å². The van der Waals surface area contributed by atoms with Crippen LogP contribution < -0.4 is 0 Å². The third kappa shape index (κ3) is 7.81. The number of aromatic nitrogens is 2. The number of nitrogens with zero attached hydrogens (tertiary/aromatic N) is 2. The molecule has 0 aliphatic rings. The average Bonchev–Trinajstić information content (AvgIpc) is 2.66. The molecule has 0 saturated carbocycles. The Kier molecular flexibility index (Phi) is 10.3. The molecule has 1 aromatic heterocycles. The zero-order valence-electron chi connectivity index (χ0n) is 14.6. The number of aliphatic hydroxyl groups excluding tert-OH is 6. The molecular weight excluding hydrogens is 364 g/mol. The van der Waals surface area contributed by atoms with E-state index in [4.69, 9.17) is 20.1 Å². The van der Waals surface area contributed by atoms with E-state index < -0.39 is 49.7 Å². The lowest BCUT2D eigenvalue weighted by Gasteiger charge is -2.26. The van der Waals surface area contributed by atoms with Crippen LogP contribution in [0.15, 0.2) is 12.4 Å². The highest BCUT2D eigenvalue weighted by Gasteiger charge is 2.30. The third-order valence-electron chi connectivity index (χ3n) is 3.80. The first kappa shape index (κ1) is 23.3. The second-order valence-corrected chi connectivity index (χ2v) is 5.98. The summed E-state index contributed by atoms with van der Waals surface area (Å²) in [6.45, 7) is -1.34. The summed E-state index contributed by atoms with van der Waals surface area (Å²) in [6.07, 6.45) is -4.28. The fraction of sp³-hybridized carbons (Fsp3) is 0.688. The molecule has 0 aliphatic heterocycles. The van der Waals surface area contributed by atoms with E-state index in [9.17, 15) is 25.2 Å². The van der Waals surface area contributed by atoms with Crippen LogP contribution in [0.4, 0.5) is 0 Å². The molecular formula is C16H26N2O9. The van der Waals surface area contributed by atoms with Crippen molar-refractivity contribution in [2.75, 3.05) is 19.8 Å². The fourth-order valence-electron chi connectivity index (χ4n) is 2.22. The molecule has 7 N–H and O–H groups in total. The van der Waals surface area contributed by atoms with Crippen LogP contribution in [-0.4, -0.2) is 95.9 Å². The predicted molar refractivity (Wildman–Crippen MR) is 89.5 cm³/mol. The van der Waals surface area contributed by atoms with Crippen LogP contribution >= 0.6 is 0 Å². The van der Waals surface area contributed by atoms with Gasteiger partial charge in [-0.3, -0.25) is 14.8 Å². The number of ether oxygens (including phenoxy) is 1. The molecule has 1 rings (SSSR count). The summed E-state index contributed by atoms with van der Waals surface area (Å²) in [4.78, 5) is 18.5. The SMILES string of the molecule is O=C(O)CCCO[C@H]([C@H](O)CO)[C@H](O)c1cnc(C[C@H](O)[C@H](O)CO)cn1. The van der Waals surface area contributed by atoms with E-state index in [0.29, 0.717) is 5.69 Å². The zero-order valence-corrected chi connectivity index (χ0v) is 14.6. The minimum Gasteiger partial charge on any atom is -0.481 e. The highest BCUT2D eigenvalue weighted by atomic mass is 16.5. The zero-order chi connectivity index (χ0) is 20.4. The molecule has 1 aromatic rings. The van der Waals surface area contributed by atoms with Gasteiger partial charge in [-0.25, -0.2) is 0 Å². The highest BCUT2D eigenvalue weighted by Crippen LogP contribution is 2.20. The van der Waals surface area contributed by atoms with E-state index in [2.05, 4.69) is 9.97 Å². The van der Waals surface area contributed by atoms with E-state index in [1.807, 2.05) is 0 Å². The Morgan fingerprint density at radius 2 is 1.67 bits per heavy atom. The molecule has 27 heavy (non-hydrogen) atoms. The molecule has 0 fully saturated rings. The van der Waals surface area contributed by atoms with E-state index in [1.165, 1.54) is 12.4 Å². The molecule has 1 heterocycles. The van der Waals surface area contributed by atoms with Crippen LogP contribution in [0.2, 0.25) is 0 Å². The fourth-order valence-corrected chi connectivity index (χ4v) is 2.22. The minimum atomic E-state index is -1.44. The molecule has 0 unspecified atom stereocenters. The van der Waals surface area contributed by atoms with Crippen molar-refractivity contribution < 1.29 is 45.3 Å². The maximum Gasteiger partial charge on any atom is 0.303 e. The maximum atomic E-state index is 10.5. The Balaban J connectivity index is 2.73. The van der Waals surface area contributed by atoms with Crippen LogP contribution in [0.5, 0.6) is 0 Å². The van der Waals surface area contributed by atoms with Crippen LogP contribution in [0.3, 0.4) is 0 Å². The van der Waals surface area contributed by atoms with Gasteiger partial charge < -0.3 is 40.5 Å². The first-order valence-electron chi connectivity index (χ1n) is 8.38. The number of carboxylic acids is 1. The van der Waals surface area contributed by atoms with Crippen molar-refractivity contribution in [3.05, 3.63) is 23.8 Å². The molecule has 11 nitrogen and oxygen atoms in total. The largest absolute Gasteiger partial charge is 0.481 e. The highest BCUT2D eigenvalue weighted by molar-refractivity contribution is 5.66. The van der Waals surface area contributed by atoms with Crippen molar-refractivity contribution in [2.24, 2.45) is 0 Å². The summed E-state index contributed by atoms with van der Waals surface area (Å²) in [5.74, 6) is -1.01. The van der Waals surface area contributed by atoms with Crippen LogP contribution in [0.1, 0.15) is 30.3 Å². The molecule has 11 heteroatoms. The molecule has 154 valence electrons. The molecule has 5 atom stereocenters. The summed E-state index contributed by atoms with van der Waals surface area (Å²) >= 11 is 0. The molecule has 0 saturated heterocycles. The average molecular weight is 390 g/mol. The Morgan fingerprint density at radius 3 is 2.19 bits per heavy atom. The Hall–Kier alpha value is -1.73. The number of hydrogen-bond acceptors (Lipinski definition) is 10. The van der Waals surface area contributed by atoms with Crippen molar-refractivity contribution in [1.29, 1.82) is 0 Å². The van der Waals surface area contributed by atoms with Gasteiger partial charge >= 0.3 is 5.97 Å². The monoisotopic (exact) mass is 390 g/mol. The topological polar surface area (TPSA) is 194 Å². The number of aliphatic hydroxyl groups is 6. The third-order valence-corrected chi connectivity index (χ3v) is 3.80. The minimum absolute atomic E-state index is 0.0340. The van der Waals surface area contributed by atoms with Gasteiger partial charge in [-0.1, -0.05) is 0 Å². The Morgan fingerprint density at radius 1 is 1.00 bits per heavy atom. The van der Waals surface area contributed by atoms with Crippen molar-refractivity contribution in [3.8, 4) is 0 Å². The van der Waals surface area contributed by atoms with E-state index in [0.717, 1.165) is 0 Å². The summed E-state index contributed by atoms with van der Waals surface area (Å²) in [6, 6.07) is 0. The Bertz CT molecular complexity index is 557. The van der Waals surface area contributed by atoms with Crippen molar-refractivity contribution >= 4 is 5.97 Å². The van der Waals surface area contributed by atoms with Gasteiger partial charge in [-0.05, 0) is 6.42 Å². The summed E-state index contributed by atoms with van der Waals surface area (Å²) in [7, 11) is 0. The van der Waals surface area contributed by atoms with Crippen molar-refractivity contribution in [1.82, 2.24) is 9.97 Å². The normalized spacial score (nSPS) is 17.1. The van der Waals surface area contributed by atoms with Gasteiger partial charge in [-0.2, -0.15) is 0 Å². The number of carbonyl (C=O) groups is 1. The molecule has 0 aromatic carbocycles. The van der Waals surface area contributed by atoms with Gasteiger partial charge in [0.25, 0.3) is 0 Å². The lowest BCUT2D eigenvalue weighted by atomic mass is 10.1. The molecule has 0 radical (unpaired) electrons. The summed E-state index contributed by atoms with van der Waals surface area (Å²) in [5.41, 5.74) is 0.333. The van der Waals surface area contributed by atoms with Crippen molar-refractivity contribution in [3.63, 3.8) is 0 Å². The standard InChI is InChI=1S/C16H26N2O9/c19-7-12(22)11(21)4-9-5-18-10(6-17-9)15(26)16(13(23)8-20)27-3-1-2-14(24)25/h5-6,11-13,15-16,19-23,26H,1-4,7-8H2,(H,24,25)/t11-,12+,13+,15+,16+/m0/s1. The lowest BCUT2D eigenvalue weighted by molar-refractivity contribution is -0.138. The summed E-state index contributed by atoms with van der Waals surface area (Å²) < 4.78 is 5.31. The Labute approximate surface area is 155 Å². The first-order chi connectivity index (χ1) is 12.8. The number of hydrogen-bond donors (Lipinski definition) is 7. The quantitative estimate of drug-likeness (QED) is 0.174.